The van der Waals surface area contributed by atoms with Crippen LogP contribution in [0.3, 0.4) is 0 Å². The van der Waals surface area contributed by atoms with Crippen molar-refractivity contribution in [2.75, 3.05) is 19.3 Å². The van der Waals surface area contributed by atoms with E-state index >= 15 is 0 Å². The Kier molecular flexibility index (Phi) is 7.43. The lowest BCUT2D eigenvalue weighted by Crippen LogP contribution is -2.65. The van der Waals surface area contributed by atoms with Gasteiger partial charge in [-0.05, 0) is 18.8 Å². The summed E-state index contributed by atoms with van der Waals surface area (Å²) in [6.45, 7) is -2.32. The van der Waals surface area contributed by atoms with E-state index in [0.29, 0.717) is 0 Å². The summed E-state index contributed by atoms with van der Waals surface area (Å²) >= 11 is 0. The molecule has 0 aromatic rings. The maximum absolute atomic E-state index is 14.1. The molecule has 1 rings (SSSR count). The molecule has 8 nitrogen and oxygen atoms in total. The summed E-state index contributed by atoms with van der Waals surface area (Å²) in [6.07, 6.45) is -7.64. The van der Waals surface area contributed by atoms with Crippen LogP contribution in [0.5, 0.6) is 0 Å². The Hall–Kier alpha value is -0.860. The van der Waals surface area contributed by atoms with Crippen molar-refractivity contribution in [3.05, 3.63) is 0 Å². The van der Waals surface area contributed by atoms with Gasteiger partial charge in [0.05, 0.1) is 6.26 Å². The van der Waals surface area contributed by atoms with E-state index in [-0.39, 0.29) is 10.4 Å². The van der Waals surface area contributed by atoms with Gasteiger partial charge in [0.15, 0.2) is 0 Å². The maximum atomic E-state index is 14.1. The monoisotopic (exact) mass is 538 g/mol. The highest BCUT2D eigenvalue weighted by Gasteiger charge is 2.82. The van der Waals surface area contributed by atoms with E-state index in [1.54, 1.807) is 0 Å². The zero-order valence-electron chi connectivity index (χ0n) is 15.1. The van der Waals surface area contributed by atoms with Gasteiger partial charge < -0.3 is 0 Å². The van der Waals surface area contributed by atoms with Crippen LogP contribution in [0.4, 0.5) is 39.5 Å². The lowest BCUT2D eigenvalue weighted by atomic mass is 9.94. The van der Waals surface area contributed by atoms with Crippen LogP contribution in [0.15, 0.2) is 0 Å². The molecule has 0 aliphatic carbocycles. The number of nitrogens with zero attached hydrogens (tertiary/aromatic N) is 1. The van der Waals surface area contributed by atoms with Crippen LogP contribution in [0.25, 0.3) is 0 Å². The van der Waals surface area contributed by atoms with Crippen LogP contribution < -0.4 is 4.13 Å². The molecule has 0 unspecified atom stereocenters. The Morgan fingerprint density at radius 3 is 1.58 bits per heavy atom. The Labute approximate surface area is 170 Å². The molecule has 0 aromatic carbocycles. The number of hydrogen-bond acceptors (Lipinski definition) is 6. The van der Waals surface area contributed by atoms with Gasteiger partial charge in [-0.15, -0.1) is 4.13 Å². The first-order valence-corrected chi connectivity index (χ1v) is 12.6. The van der Waals surface area contributed by atoms with Crippen molar-refractivity contribution < 1.29 is 64.8 Å². The molecule has 0 spiro atoms. The maximum Gasteiger partial charge on any atom is 0.429 e. The Balaban J connectivity index is 3.25. The largest absolute Gasteiger partial charge is 0.429 e. The predicted molar refractivity (Wildman–Crippen MR) is 85.6 cm³/mol. The molecule has 1 aliphatic rings. The number of hydrogen-bond donors (Lipinski definition) is 1. The van der Waals surface area contributed by atoms with E-state index < -0.39 is 95.3 Å². The van der Waals surface area contributed by atoms with Gasteiger partial charge in [0, 0.05) is 19.5 Å². The Morgan fingerprint density at radius 1 is 0.806 bits per heavy atom. The zero-order valence-corrected chi connectivity index (χ0v) is 17.6. The molecular weight excluding hydrogens is 523 g/mol. The van der Waals surface area contributed by atoms with E-state index in [0.717, 1.165) is 0 Å². The van der Waals surface area contributed by atoms with Gasteiger partial charge in [0.1, 0.15) is 0 Å². The van der Waals surface area contributed by atoms with Gasteiger partial charge in [0.25, 0.3) is 20.0 Å². The van der Waals surface area contributed by atoms with Crippen molar-refractivity contribution in [2.45, 2.75) is 41.9 Å². The summed E-state index contributed by atoms with van der Waals surface area (Å²) in [4.78, 5) is 0. The number of nitrogens with one attached hydrogen (secondary N) is 1. The topological polar surface area (TPSA) is 118 Å². The van der Waals surface area contributed by atoms with Crippen LogP contribution in [0, 0.1) is 5.92 Å². The zero-order chi connectivity index (χ0) is 24.9. The van der Waals surface area contributed by atoms with Crippen molar-refractivity contribution >= 4 is 30.1 Å². The molecule has 1 fully saturated rings. The third kappa shape index (κ3) is 5.56. The van der Waals surface area contributed by atoms with Gasteiger partial charge >= 0.3 is 22.6 Å². The van der Waals surface area contributed by atoms with Crippen molar-refractivity contribution in [3.63, 3.8) is 0 Å². The molecule has 1 aliphatic heterocycles. The Bertz CT molecular complexity index is 984. The molecule has 0 saturated carbocycles. The summed E-state index contributed by atoms with van der Waals surface area (Å²) in [6, 6.07) is 0. The highest BCUT2D eigenvalue weighted by Crippen LogP contribution is 2.51. The highest BCUT2D eigenvalue weighted by molar-refractivity contribution is 8.05. The van der Waals surface area contributed by atoms with Crippen molar-refractivity contribution in [1.29, 1.82) is 0 Å². The lowest BCUT2D eigenvalue weighted by molar-refractivity contribution is -0.245. The van der Waals surface area contributed by atoms with E-state index in [9.17, 15) is 64.8 Å². The van der Waals surface area contributed by atoms with Crippen molar-refractivity contribution in [1.82, 2.24) is 8.43 Å². The quantitative estimate of drug-likeness (QED) is 0.470. The number of sulfonamides is 3. The average molecular weight is 538 g/mol. The minimum atomic E-state index is -7.18. The van der Waals surface area contributed by atoms with Gasteiger partial charge in [-0.1, -0.05) is 0 Å². The fourth-order valence-electron chi connectivity index (χ4n) is 2.59. The first-order valence-electron chi connectivity index (χ1n) is 7.82. The van der Waals surface area contributed by atoms with Crippen LogP contribution in [0.2, 0.25) is 0 Å². The van der Waals surface area contributed by atoms with Gasteiger partial charge in [-0.2, -0.15) is 43.8 Å². The second kappa shape index (κ2) is 8.17. The lowest BCUT2D eigenvalue weighted by Gasteiger charge is -2.37. The second-order valence-electron chi connectivity index (χ2n) is 6.63. The second-order valence-corrected chi connectivity index (χ2v) is 12.3. The van der Waals surface area contributed by atoms with E-state index in [1.165, 1.54) is 0 Å². The van der Waals surface area contributed by atoms with Crippen LogP contribution in [-0.4, -0.2) is 71.5 Å². The minimum Gasteiger partial charge on any atom is -0.212 e. The molecular formula is C11H15F9N2O6S3. The molecule has 0 aromatic heterocycles. The standard InChI is InChI=1S/C11H15F9N2O6S3/c1-29(23,24)21-30(25,26)10(17,18)9(15,16)11(19,20)31(27,28)22-4-2-7(3-5-22)6-8(12,13)14/h7,21H,2-6H2,1H3. The molecule has 20 heteroatoms. The molecule has 31 heavy (non-hydrogen) atoms. The van der Waals surface area contributed by atoms with Crippen LogP contribution in [0.1, 0.15) is 19.3 Å². The summed E-state index contributed by atoms with van der Waals surface area (Å²) in [5, 5.41) is -13.7. The van der Waals surface area contributed by atoms with Gasteiger partial charge in [0.2, 0.25) is 10.0 Å². The molecule has 1 saturated heterocycles. The van der Waals surface area contributed by atoms with Crippen LogP contribution >= 0.6 is 0 Å². The highest BCUT2D eigenvalue weighted by atomic mass is 32.3. The molecule has 0 bridgehead atoms. The molecule has 1 heterocycles. The summed E-state index contributed by atoms with van der Waals surface area (Å²) < 4.78 is 188. The molecule has 0 atom stereocenters. The summed E-state index contributed by atoms with van der Waals surface area (Å²) in [5.41, 5.74) is 0. The first-order chi connectivity index (χ1) is 13.4. The van der Waals surface area contributed by atoms with E-state index in [4.69, 9.17) is 0 Å². The van der Waals surface area contributed by atoms with Crippen molar-refractivity contribution in [3.8, 4) is 0 Å². The summed E-state index contributed by atoms with van der Waals surface area (Å²) in [7, 11) is -19.0. The third-order valence-electron chi connectivity index (χ3n) is 4.09. The van der Waals surface area contributed by atoms with Gasteiger partial charge in [-0.25, -0.2) is 25.3 Å². The summed E-state index contributed by atoms with van der Waals surface area (Å²) in [5.74, 6) is -8.43. The SMILES string of the molecule is CS(=O)(=O)NS(=O)(=O)C(F)(F)C(F)(F)C(F)(F)S(=O)(=O)N1CCC(CC(F)(F)F)CC1. The molecule has 186 valence electrons. The fraction of sp³-hybridized carbons (Fsp3) is 1.00. The smallest absolute Gasteiger partial charge is 0.212 e. The fourth-order valence-corrected chi connectivity index (χ4v) is 6.61. The number of alkyl halides is 9. The van der Waals surface area contributed by atoms with E-state index in [2.05, 4.69) is 0 Å². The molecule has 0 amide bonds. The number of halogens is 9. The Morgan fingerprint density at radius 2 is 1.23 bits per heavy atom. The van der Waals surface area contributed by atoms with Crippen molar-refractivity contribution in [2.24, 2.45) is 5.92 Å². The van der Waals surface area contributed by atoms with Gasteiger partial charge in [-0.3, -0.25) is 0 Å². The molecule has 1 N–H and O–H groups in total. The number of rotatable bonds is 8. The third-order valence-corrected chi connectivity index (χ3v) is 9.06. The average Bonchev–Trinajstić information content (AvgIpc) is 2.50. The number of piperidine rings is 1. The van der Waals surface area contributed by atoms with E-state index in [1.807, 2.05) is 0 Å². The normalized spacial score (nSPS) is 19.5. The first kappa shape index (κ1) is 28.2. The van der Waals surface area contributed by atoms with Crippen LogP contribution in [-0.2, 0) is 30.1 Å². The minimum absolute atomic E-state index is 0.0386. The predicted octanol–water partition coefficient (Wildman–Crippen LogP) is 1.68. The molecule has 0 radical (unpaired) electrons.